The number of hydrogen-bond acceptors (Lipinski definition) is 3. The molecule has 1 aliphatic rings. The van der Waals surface area contributed by atoms with Gasteiger partial charge in [-0.25, -0.2) is 0 Å². The maximum absolute atomic E-state index is 8.84. The zero-order valence-electron chi connectivity index (χ0n) is 10.9. The van der Waals surface area contributed by atoms with E-state index in [1.807, 2.05) is 18.2 Å². The molecule has 0 saturated carbocycles. The van der Waals surface area contributed by atoms with E-state index in [0.29, 0.717) is 12.0 Å². The third kappa shape index (κ3) is 3.32. The molecule has 0 aromatic heterocycles. The largest absolute Gasteiger partial charge is 0.378 e. The molecule has 3 heteroatoms. The van der Waals surface area contributed by atoms with E-state index in [9.17, 15) is 0 Å². The van der Waals surface area contributed by atoms with Crippen LogP contribution in [0.3, 0.4) is 0 Å². The third-order valence-corrected chi connectivity index (χ3v) is 3.54. The molecule has 1 aromatic rings. The first-order valence-electron chi connectivity index (χ1n) is 6.65. The average molecular weight is 244 g/mol. The quantitative estimate of drug-likeness (QED) is 0.865. The van der Waals surface area contributed by atoms with E-state index in [2.05, 4.69) is 24.4 Å². The lowest BCUT2D eigenvalue weighted by molar-refractivity contribution is 0.0872. The number of ether oxygens (including phenoxy) is 1. The highest BCUT2D eigenvalue weighted by Gasteiger charge is 2.25. The number of nitrogens with one attached hydrogen (secondary N) is 1. The van der Waals surface area contributed by atoms with Crippen LogP contribution >= 0.6 is 0 Å². The number of hydrogen-bond donors (Lipinski definition) is 1. The number of nitrogens with zero attached hydrogens (tertiary/aromatic N) is 1. The number of rotatable bonds is 5. The van der Waals surface area contributed by atoms with Gasteiger partial charge in [0.1, 0.15) is 0 Å². The molecule has 0 aliphatic carbocycles. The Bertz CT molecular complexity index is 425. The van der Waals surface area contributed by atoms with Gasteiger partial charge in [0.15, 0.2) is 0 Å². The molecule has 18 heavy (non-hydrogen) atoms. The van der Waals surface area contributed by atoms with Gasteiger partial charge in [0.2, 0.25) is 0 Å². The molecule has 96 valence electrons. The van der Waals surface area contributed by atoms with E-state index in [-0.39, 0.29) is 0 Å². The maximum Gasteiger partial charge on any atom is 0.0991 e. The van der Waals surface area contributed by atoms with Crippen LogP contribution in [-0.4, -0.2) is 19.3 Å². The van der Waals surface area contributed by atoms with Gasteiger partial charge in [0, 0.05) is 19.7 Å². The standard InChI is InChI=1S/C15H20N2O/c1-2-15-14(6-7-18-15)11-17-10-13-5-3-4-12(8-13)9-16/h3-5,8,14-15,17H,2,6-7,10-11H2,1H3. The van der Waals surface area contributed by atoms with Gasteiger partial charge in [-0.3, -0.25) is 0 Å². The van der Waals surface area contributed by atoms with Crippen LogP contribution in [0.4, 0.5) is 0 Å². The van der Waals surface area contributed by atoms with Crippen LogP contribution in [-0.2, 0) is 11.3 Å². The van der Waals surface area contributed by atoms with Crippen LogP contribution in [0.5, 0.6) is 0 Å². The van der Waals surface area contributed by atoms with Crippen LogP contribution < -0.4 is 5.32 Å². The Hall–Kier alpha value is -1.37. The minimum Gasteiger partial charge on any atom is -0.378 e. The summed E-state index contributed by atoms with van der Waals surface area (Å²) < 4.78 is 5.67. The lowest BCUT2D eigenvalue weighted by Crippen LogP contribution is -2.27. The number of benzene rings is 1. The summed E-state index contributed by atoms with van der Waals surface area (Å²) in [5.74, 6) is 0.633. The summed E-state index contributed by atoms with van der Waals surface area (Å²) in [5, 5.41) is 12.3. The summed E-state index contributed by atoms with van der Waals surface area (Å²) in [5.41, 5.74) is 1.89. The molecule has 1 N–H and O–H groups in total. The van der Waals surface area contributed by atoms with Crippen LogP contribution in [0.25, 0.3) is 0 Å². The summed E-state index contributed by atoms with van der Waals surface area (Å²) in [6.07, 6.45) is 2.67. The van der Waals surface area contributed by atoms with Crippen molar-refractivity contribution in [2.75, 3.05) is 13.2 Å². The van der Waals surface area contributed by atoms with Crippen molar-refractivity contribution >= 4 is 0 Å². The fraction of sp³-hybridized carbons (Fsp3) is 0.533. The van der Waals surface area contributed by atoms with Crippen molar-refractivity contribution < 1.29 is 4.74 Å². The first-order valence-corrected chi connectivity index (χ1v) is 6.65. The van der Waals surface area contributed by atoms with Crippen molar-refractivity contribution in [3.8, 4) is 6.07 Å². The van der Waals surface area contributed by atoms with Gasteiger partial charge in [-0.2, -0.15) is 5.26 Å². The second-order valence-corrected chi connectivity index (χ2v) is 4.81. The second-order valence-electron chi connectivity index (χ2n) is 4.81. The molecule has 2 atom stereocenters. The molecule has 3 nitrogen and oxygen atoms in total. The first-order chi connectivity index (χ1) is 8.83. The Balaban J connectivity index is 1.79. The molecule has 0 amide bonds. The highest BCUT2D eigenvalue weighted by molar-refractivity contribution is 5.32. The minimum absolute atomic E-state index is 0.419. The van der Waals surface area contributed by atoms with Crippen molar-refractivity contribution in [2.24, 2.45) is 5.92 Å². The lowest BCUT2D eigenvalue weighted by atomic mass is 9.99. The molecule has 1 aromatic carbocycles. The summed E-state index contributed by atoms with van der Waals surface area (Å²) in [6.45, 7) is 4.89. The van der Waals surface area contributed by atoms with E-state index in [0.717, 1.165) is 38.1 Å². The molecule has 1 fully saturated rings. The molecule has 1 saturated heterocycles. The minimum atomic E-state index is 0.419. The van der Waals surface area contributed by atoms with Gasteiger partial charge in [-0.15, -0.1) is 0 Å². The van der Waals surface area contributed by atoms with Crippen molar-refractivity contribution in [1.82, 2.24) is 5.32 Å². The normalized spacial score (nSPS) is 22.9. The monoisotopic (exact) mass is 244 g/mol. The SMILES string of the molecule is CCC1OCCC1CNCc1cccc(C#N)c1. The van der Waals surface area contributed by atoms with Crippen molar-refractivity contribution in [1.29, 1.82) is 5.26 Å². The Labute approximate surface area is 109 Å². The maximum atomic E-state index is 8.84. The summed E-state index contributed by atoms with van der Waals surface area (Å²) in [4.78, 5) is 0. The lowest BCUT2D eigenvalue weighted by Gasteiger charge is -2.17. The summed E-state index contributed by atoms with van der Waals surface area (Å²) in [6, 6.07) is 9.93. The number of nitriles is 1. The summed E-state index contributed by atoms with van der Waals surface area (Å²) in [7, 11) is 0. The van der Waals surface area contributed by atoms with Crippen molar-refractivity contribution in [3.63, 3.8) is 0 Å². The molecule has 0 radical (unpaired) electrons. The molecular weight excluding hydrogens is 224 g/mol. The van der Waals surface area contributed by atoms with E-state index in [4.69, 9.17) is 10.00 Å². The molecular formula is C15H20N2O. The predicted octanol–water partition coefficient (Wildman–Crippen LogP) is 2.46. The molecule has 0 bridgehead atoms. The van der Waals surface area contributed by atoms with Gasteiger partial charge in [-0.1, -0.05) is 19.1 Å². The fourth-order valence-electron chi connectivity index (χ4n) is 2.53. The van der Waals surface area contributed by atoms with E-state index in [1.165, 1.54) is 5.56 Å². The Morgan fingerprint density at radius 2 is 2.39 bits per heavy atom. The van der Waals surface area contributed by atoms with E-state index < -0.39 is 0 Å². The average Bonchev–Trinajstić information content (AvgIpc) is 2.86. The molecule has 1 heterocycles. The predicted molar refractivity (Wildman–Crippen MR) is 71.0 cm³/mol. The van der Waals surface area contributed by atoms with Crippen LogP contribution in [0, 0.1) is 17.2 Å². The topological polar surface area (TPSA) is 45.0 Å². The highest BCUT2D eigenvalue weighted by Crippen LogP contribution is 2.22. The zero-order valence-corrected chi connectivity index (χ0v) is 10.9. The molecule has 2 rings (SSSR count). The zero-order chi connectivity index (χ0) is 12.8. The van der Waals surface area contributed by atoms with Crippen molar-refractivity contribution in [2.45, 2.75) is 32.4 Å². The van der Waals surface area contributed by atoms with Gasteiger partial charge < -0.3 is 10.1 Å². The molecule has 0 spiro atoms. The highest BCUT2D eigenvalue weighted by atomic mass is 16.5. The first kappa shape index (κ1) is 13.1. The van der Waals surface area contributed by atoms with E-state index in [1.54, 1.807) is 0 Å². The smallest absolute Gasteiger partial charge is 0.0991 e. The van der Waals surface area contributed by atoms with E-state index >= 15 is 0 Å². The van der Waals surface area contributed by atoms with Gasteiger partial charge in [0.05, 0.1) is 17.7 Å². The fourth-order valence-corrected chi connectivity index (χ4v) is 2.53. The Kier molecular flexibility index (Phi) is 4.74. The van der Waals surface area contributed by atoms with Gasteiger partial charge in [-0.05, 0) is 36.5 Å². The Morgan fingerprint density at radius 3 is 3.17 bits per heavy atom. The van der Waals surface area contributed by atoms with Crippen LogP contribution in [0.1, 0.15) is 30.9 Å². The molecule has 2 unspecified atom stereocenters. The van der Waals surface area contributed by atoms with Crippen LogP contribution in [0.2, 0.25) is 0 Å². The Morgan fingerprint density at radius 1 is 1.50 bits per heavy atom. The second kappa shape index (κ2) is 6.53. The summed E-state index contributed by atoms with van der Waals surface area (Å²) >= 11 is 0. The van der Waals surface area contributed by atoms with Crippen molar-refractivity contribution in [3.05, 3.63) is 35.4 Å². The third-order valence-electron chi connectivity index (χ3n) is 3.54. The van der Waals surface area contributed by atoms with Gasteiger partial charge in [0.25, 0.3) is 0 Å². The van der Waals surface area contributed by atoms with Gasteiger partial charge >= 0.3 is 0 Å². The molecule has 1 aliphatic heterocycles. The van der Waals surface area contributed by atoms with Crippen LogP contribution in [0.15, 0.2) is 24.3 Å².